The summed E-state index contributed by atoms with van der Waals surface area (Å²) in [7, 11) is 0. The quantitative estimate of drug-likeness (QED) is 0.663. The minimum atomic E-state index is -0.899. The largest absolute Gasteiger partial charge is 0.481 e. The second-order valence-corrected chi connectivity index (χ2v) is 4.90. The van der Waals surface area contributed by atoms with Crippen molar-refractivity contribution in [3.63, 3.8) is 0 Å². The van der Waals surface area contributed by atoms with E-state index in [9.17, 15) is 19.7 Å². The molecule has 20 heavy (non-hydrogen) atoms. The van der Waals surface area contributed by atoms with Crippen molar-refractivity contribution in [2.45, 2.75) is 13.3 Å². The fourth-order valence-corrected chi connectivity index (χ4v) is 2.35. The van der Waals surface area contributed by atoms with Crippen molar-refractivity contribution in [1.29, 1.82) is 0 Å². The third kappa shape index (κ3) is 2.61. The molecule has 1 aromatic carbocycles. The Morgan fingerprint density at radius 2 is 2.10 bits per heavy atom. The molecule has 0 atom stereocenters. The van der Waals surface area contributed by atoms with Gasteiger partial charge in [-0.15, -0.1) is 0 Å². The van der Waals surface area contributed by atoms with Gasteiger partial charge in [0.05, 0.1) is 11.3 Å². The van der Waals surface area contributed by atoms with Gasteiger partial charge in [0.2, 0.25) is 0 Å². The number of carboxylic acid groups (broad SMARTS) is 1. The smallest absolute Gasteiger partial charge is 0.303 e. The Morgan fingerprint density at radius 1 is 1.45 bits per heavy atom. The maximum absolute atomic E-state index is 12.3. The van der Waals surface area contributed by atoms with Gasteiger partial charge in [0, 0.05) is 25.1 Å². The highest BCUT2D eigenvalue weighted by Crippen LogP contribution is 2.27. The van der Waals surface area contributed by atoms with Crippen LogP contribution in [-0.2, 0) is 4.79 Å². The van der Waals surface area contributed by atoms with Gasteiger partial charge in [0.1, 0.15) is 5.56 Å². The molecule has 0 unspecified atom stereocenters. The molecule has 0 spiro atoms. The van der Waals surface area contributed by atoms with Gasteiger partial charge in [0.25, 0.3) is 11.6 Å². The summed E-state index contributed by atoms with van der Waals surface area (Å²) in [6, 6.07) is 4.48. The number of carbonyl (C=O) groups is 2. The number of amides is 1. The molecule has 0 radical (unpaired) electrons. The first-order chi connectivity index (χ1) is 9.40. The molecule has 7 heteroatoms. The Labute approximate surface area is 115 Å². The van der Waals surface area contributed by atoms with Crippen LogP contribution in [0.4, 0.5) is 5.69 Å². The Balaban J connectivity index is 2.15. The van der Waals surface area contributed by atoms with Crippen molar-refractivity contribution in [1.82, 2.24) is 4.90 Å². The van der Waals surface area contributed by atoms with Crippen LogP contribution in [-0.4, -0.2) is 39.9 Å². The van der Waals surface area contributed by atoms with Crippen LogP contribution in [0.2, 0.25) is 0 Å². The molecule has 0 aliphatic carbocycles. The van der Waals surface area contributed by atoms with Crippen LogP contribution in [0.25, 0.3) is 0 Å². The summed E-state index contributed by atoms with van der Waals surface area (Å²) in [6.45, 7) is 2.31. The lowest BCUT2D eigenvalue weighted by Gasteiger charge is -2.38. The summed E-state index contributed by atoms with van der Waals surface area (Å²) in [5.74, 6) is -1.38. The standard InChI is InChI=1S/C13H14N2O5/c1-8-3-2-4-10(15(19)20)12(8)13(18)14-6-9(7-14)5-11(16)17/h2-4,9H,5-7H2,1H3,(H,16,17). The van der Waals surface area contributed by atoms with Crippen molar-refractivity contribution >= 4 is 17.6 Å². The Morgan fingerprint density at radius 3 is 2.65 bits per heavy atom. The third-order valence-electron chi connectivity index (χ3n) is 3.37. The molecule has 106 valence electrons. The number of rotatable bonds is 4. The van der Waals surface area contributed by atoms with E-state index in [0.29, 0.717) is 18.7 Å². The number of likely N-dealkylation sites (tertiary alicyclic amines) is 1. The third-order valence-corrected chi connectivity index (χ3v) is 3.37. The molecule has 7 nitrogen and oxygen atoms in total. The van der Waals surface area contributed by atoms with E-state index < -0.39 is 16.8 Å². The highest BCUT2D eigenvalue weighted by atomic mass is 16.6. The maximum atomic E-state index is 12.3. The molecule has 2 rings (SSSR count). The number of aliphatic carboxylic acids is 1. The van der Waals surface area contributed by atoms with E-state index >= 15 is 0 Å². The van der Waals surface area contributed by atoms with E-state index in [1.54, 1.807) is 13.0 Å². The zero-order valence-corrected chi connectivity index (χ0v) is 10.9. The predicted octanol–water partition coefficient (Wildman–Crippen LogP) is 1.45. The average Bonchev–Trinajstić information content (AvgIpc) is 2.31. The molecule has 1 amide bonds. The van der Waals surface area contributed by atoms with Crippen LogP contribution < -0.4 is 0 Å². The zero-order valence-electron chi connectivity index (χ0n) is 10.9. The molecular weight excluding hydrogens is 264 g/mol. The summed E-state index contributed by atoms with van der Waals surface area (Å²) in [5, 5.41) is 19.6. The lowest BCUT2D eigenvalue weighted by Crippen LogP contribution is -2.50. The topological polar surface area (TPSA) is 101 Å². The number of hydrogen-bond donors (Lipinski definition) is 1. The lowest BCUT2D eigenvalue weighted by molar-refractivity contribution is -0.385. The predicted molar refractivity (Wildman–Crippen MR) is 69.5 cm³/mol. The van der Waals surface area contributed by atoms with Crippen molar-refractivity contribution in [2.75, 3.05) is 13.1 Å². The van der Waals surface area contributed by atoms with Gasteiger partial charge in [-0.1, -0.05) is 12.1 Å². The van der Waals surface area contributed by atoms with Crippen molar-refractivity contribution in [2.24, 2.45) is 5.92 Å². The van der Waals surface area contributed by atoms with Crippen LogP contribution in [0.3, 0.4) is 0 Å². The van der Waals surface area contributed by atoms with Gasteiger partial charge in [0.15, 0.2) is 0 Å². The van der Waals surface area contributed by atoms with Crippen molar-refractivity contribution < 1.29 is 19.6 Å². The van der Waals surface area contributed by atoms with Crippen LogP contribution in [0.1, 0.15) is 22.3 Å². The average molecular weight is 278 g/mol. The minimum absolute atomic E-state index is 0.0135. The second-order valence-electron chi connectivity index (χ2n) is 4.90. The fourth-order valence-electron chi connectivity index (χ4n) is 2.35. The lowest BCUT2D eigenvalue weighted by atomic mass is 9.94. The van der Waals surface area contributed by atoms with E-state index in [2.05, 4.69) is 0 Å². The number of aryl methyl sites for hydroxylation is 1. The normalized spacial score (nSPS) is 14.8. The van der Waals surface area contributed by atoms with Crippen LogP contribution in [0.5, 0.6) is 0 Å². The highest BCUT2D eigenvalue weighted by Gasteiger charge is 2.35. The molecule has 0 saturated carbocycles. The number of nitro groups is 1. The van der Waals surface area contributed by atoms with Gasteiger partial charge in [-0.3, -0.25) is 19.7 Å². The second kappa shape index (κ2) is 5.28. The number of carbonyl (C=O) groups excluding carboxylic acids is 1. The van der Waals surface area contributed by atoms with Crippen LogP contribution >= 0.6 is 0 Å². The number of hydrogen-bond acceptors (Lipinski definition) is 4. The van der Waals surface area contributed by atoms with Gasteiger partial charge >= 0.3 is 5.97 Å². The molecule has 1 heterocycles. The van der Waals surface area contributed by atoms with E-state index in [1.165, 1.54) is 17.0 Å². The van der Waals surface area contributed by atoms with Gasteiger partial charge in [-0.2, -0.15) is 0 Å². The van der Waals surface area contributed by atoms with E-state index in [1.807, 2.05) is 0 Å². The van der Waals surface area contributed by atoms with E-state index in [4.69, 9.17) is 5.11 Å². The number of benzene rings is 1. The first kappa shape index (κ1) is 14.0. The van der Waals surface area contributed by atoms with Crippen molar-refractivity contribution in [3.8, 4) is 0 Å². The summed E-state index contributed by atoms with van der Waals surface area (Å²) in [4.78, 5) is 34.7. The molecule has 1 saturated heterocycles. The fraction of sp³-hybridized carbons (Fsp3) is 0.385. The molecular formula is C13H14N2O5. The molecule has 1 aliphatic rings. The molecule has 1 aromatic rings. The Kier molecular flexibility index (Phi) is 3.69. The summed E-state index contributed by atoms with van der Waals surface area (Å²) < 4.78 is 0. The molecule has 1 N–H and O–H groups in total. The number of nitro benzene ring substituents is 1. The van der Waals surface area contributed by atoms with Crippen molar-refractivity contribution in [3.05, 3.63) is 39.4 Å². The van der Waals surface area contributed by atoms with E-state index in [-0.39, 0.29) is 23.6 Å². The molecule has 1 aliphatic heterocycles. The molecule has 0 bridgehead atoms. The number of carboxylic acids is 1. The molecule has 1 fully saturated rings. The summed E-state index contributed by atoms with van der Waals surface area (Å²) in [6.07, 6.45) is 0.0135. The first-order valence-corrected chi connectivity index (χ1v) is 6.15. The van der Waals surface area contributed by atoms with Crippen LogP contribution in [0.15, 0.2) is 18.2 Å². The molecule has 0 aromatic heterocycles. The monoisotopic (exact) mass is 278 g/mol. The maximum Gasteiger partial charge on any atom is 0.303 e. The summed E-state index contributed by atoms with van der Waals surface area (Å²) >= 11 is 0. The Hall–Kier alpha value is -2.44. The summed E-state index contributed by atoms with van der Waals surface area (Å²) in [5.41, 5.74) is 0.425. The van der Waals surface area contributed by atoms with Gasteiger partial charge in [-0.05, 0) is 12.5 Å². The minimum Gasteiger partial charge on any atom is -0.481 e. The van der Waals surface area contributed by atoms with Gasteiger partial charge < -0.3 is 10.0 Å². The highest BCUT2D eigenvalue weighted by molar-refractivity contribution is 6.00. The zero-order chi connectivity index (χ0) is 14.9. The SMILES string of the molecule is Cc1cccc([N+](=O)[O-])c1C(=O)N1CC(CC(=O)O)C1. The Bertz CT molecular complexity index is 578. The van der Waals surface area contributed by atoms with E-state index in [0.717, 1.165) is 0 Å². The first-order valence-electron chi connectivity index (χ1n) is 6.15. The van der Waals surface area contributed by atoms with Gasteiger partial charge in [-0.25, -0.2) is 0 Å². The van der Waals surface area contributed by atoms with Crippen LogP contribution in [0, 0.1) is 23.0 Å². The number of nitrogens with zero attached hydrogens (tertiary/aromatic N) is 2.